The molecular weight excluding hydrogens is 340 g/mol. The molecular formula is C21H16N4O2. The van der Waals surface area contributed by atoms with E-state index in [1.807, 2.05) is 50.2 Å². The number of rotatable bonds is 2. The molecule has 0 N–H and O–H groups in total. The fourth-order valence-electron chi connectivity index (χ4n) is 3.13. The average molecular weight is 356 g/mol. The number of aryl methyl sites for hydroxylation is 2. The van der Waals surface area contributed by atoms with Gasteiger partial charge in [0.2, 0.25) is 0 Å². The molecule has 4 aromatic rings. The van der Waals surface area contributed by atoms with Crippen LogP contribution in [0.4, 0.5) is 0 Å². The first-order valence-corrected chi connectivity index (χ1v) is 8.50. The molecule has 6 heteroatoms. The number of aromatic nitrogens is 3. The first-order chi connectivity index (χ1) is 13.0. The van der Waals surface area contributed by atoms with E-state index < -0.39 is 5.56 Å². The van der Waals surface area contributed by atoms with Crippen molar-refractivity contribution in [3.05, 3.63) is 91.6 Å². The lowest BCUT2D eigenvalue weighted by Gasteiger charge is -2.12. The third-order valence-electron chi connectivity index (χ3n) is 4.59. The number of hydrogen-bond donors (Lipinski definition) is 0. The maximum atomic E-state index is 13.0. The summed E-state index contributed by atoms with van der Waals surface area (Å²) in [7, 11) is 0. The molecule has 27 heavy (non-hydrogen) atoms. The maximum Gasteiger partial charge on any atom is 0.270 e. The highest BCUT2D eigenvalue weighted by Crippen LogP contribution is 2.13. The molecule has 0 unspecified atom stereocenters. The van der Waals surface area contributed by atoms with Crippen LogP contribution >= 0.6 is 0 Å². The zero-order valence-electron chi connectivity index (χ0n) is 14.9. The van der Waals surface area contributed by atoms with Crippen molar-refractivity contribution in [3.8, 4) is 6.07 Å². The van der Waals surface area contributed by atoms with E-state index in [0.29, 0.717) is 5.65 Å². The molecule has 3 heterocycles. The summed E-state index contributed by atoms with van der Waals surface area (Å²) in [5, 5.41) is 9.61. The Morgan fingerprint density at radius 2 is 1.70 bits per heavy atom. The second-order valence-electron chi connectivity index (χ2n) is 6.64. The summed E-state index contributed by atoms with van der Waals surface area (Å²) in [6.45, 7) is 4.10. The van der Waals surface area contributed by atoms with E-state index in [1.54, 1.807) is 12.3 Å². The first-order valence-electron chi connectivity index (χ1n) is 8.50. The molecule has 0 bridgehead atoms. The van der Waals surface area contributed by atoms with Gasteiger partial charge in [-0.05, 0) is 37.1 Å². The highest BCUT2D eigenvalue weighted by molar-refractivity contribution is 5.78. The molecule has 1 aromatic carbocycles. The Hall–Kier alpha value is -3.72. The second kappa shape index (κ2) is 6.22. The topological polar surface area (TPSA) is 80.2 Å². The van der Waals surface area contributed by atoms with Gasteiger partial charge in [-0.25, -0.2) is 4.98 Å². The minimum absolute atomic E-state index is 0.0684. The number of nitrogens with zero attached hydrogens (tertiary/aromatic N) is 4. The van der Waals surface area contributed by atoms with Gasteiger partial charge < -0.3 is 0 Å². The third kappa shape index (κ3) is 2.79. The van der Waals surface area contributed by atoms with Crippen LogP contribution < -0.4 is 11.1 Å². The summed E-state index contributed by atoms with van der Waals surface area (Å²) in [6, 6.07) is 14.6. The fraction of sp³-hybridized carbons (Fsp3) is 0.143. The summed E-state index contributed by atoms with van der Waals surface area (Å²) in [5.41, 5.74) is 2.85. The van der Waals surface area contributed by atoms with Crippen LogP contribution in [0.1, 0.15) is 22.3 Å². The Labute approximate surface area is 154 Å². The van der Waals surface area contributed by atoms with Crippen LogP contribution in [0.2, 0.25) is 0 Å². The van der Waals surface area contributed by atoms with Gasteiger partial charge in [0.1, 0.15) is 17.3 Å². The average Bonchev–Trinajstić information content (AvgIpc) is 2.66. The zero-order chi connectivity index (χ0) is 19.1. The Bertz CT molecular complexity index is 1360. The monoisotopic (exact) mass is 356 g/mol. The van der Waals surface area contributed by atoms with Crippen molar-refractivity contribution >= 4 is 16.7 Å². The highest BCUT2D eigenvalue weighted by Gasteiger charge is 2.15. The molecule has 4 rings (SSSR count). The molecule has 0 saturated heterocycles. The largest absolute Gasteiger partial charge is 0.287 e. The van der Waals surface area contributed by atoms with E-state index in [1.165, 1.54) is 15.0 Å². The van der Waals surface area contributed by atoms with Crippen molar-refractivity contribution in [2.24, 2.45) is 0 Å². The van der Waals surface area contributed by atoms with E-state index in [4.69, 9.17) is 0 Å². The van der Waals surface area contributed by atoms with E-state index in [2.05, 4.69) is 4.98 Å². The van der Waals surface area contributed by atoms with Gasteiger partial charge >= 0.3 is 0 Å². The molecule has 6 nitrogen and oxygen atoms in total. The molecule has 3 aromatic heterocycles. The lowest BCUT2D eigenvalue weighted by atomic mass is 10.1. The van der Waals surface area contributed by atoms with Crippen molar-refractivity contribution in [1.29, 1.82) is 5.26 Å². The van der Waals surface area contributed by atoms with Crippen LogP contribution in [0.15, 0.2) is 58.3 Å². The van der Waals surface area contributed by atoms with E-state index in [-0.39, 0.29) is 28.7 Å². The number of benzene rings is 1. The summed E-state index contributed by atoms with van der Waals surface area (Å²) in [6.07, 6.45) is 1.70. The van der Waals surface area contributed by atoms with Crippen molar-refractivity contribution < 1.29 is 0 Å². The number of hydrogen-bond acceptors (Lipinski definition) is 4. The Kier molecular flexibility index (Phi) is 3.85. The molecule has 132 valence electrons. The van der Waals surface area contributed by atoms with E-state index in [9.17, 15) is 14.9 Å². The van der Waals surface area contributed by atoms with Crippen LogP contribution in [0.3, 0.4) is 0 Å². The smallest absolute Gasteiger partial charge is 0.270 e. The van der Waals surface area contributed by atoms with Gasteiger partial charge in [0.05, 0.1) is 11.9 Å². The van der Waals surface area contributed by atoms with Crippen molar-refractivity contribution in [3.63, 3.8) is 0 Å². The molecule has 0 atom stereocenters. The van der Waals surface area contributed by atoms with Gasteiger partial charge in [0.25, 0.3) is 11.1 Å². The van der Waals surface area contributed by atoms with Crippen molar-refractivity contribution in [2.75, 3.05) is 0 Å². The van der Waals surface area contributed by atoms with Gasteiger partial charge in [-0.1, -0.05) is 35.9 Å². The predicted octanol–water partition coefficient (Wildman–Crippen LogP) is 2.55. The van der Waals surface area contributed by atoms with Crippen LogP contribution in [0, 0.1) is 25.2 Å². The summed E-state index contributed by atoms with van der Waals surface area (Å²) in [4.78, 5) is 30.3. The van der Waals surface area contributed by atoms with Gasteiger partial charge in [0, 0.05) is 6.20 Å². The number of pyridine rings is 2. The molecule has 0 aliphatic rings. The van der Waals surface area contributed by atoms with Crippen molar-refractivity contribution in [1.82, 2.24) is 14.0 Å². The fourth-order valence-corrected chi connectivity index (χ4v) is 3.13. The SMILES string of the molecule is Cc1ccc(Cn2c(=O)c(C#N)cc3c(=O)n4cc(C)ccc4nc32)cc1. The summed E-state index contributed by atoms with van der Waals surface area (Å²) >= 11 is 0. The van der Waals surface area contributed by atoms with Gasteiger partial charge in [0.15, 0.2) is 5.65 Å². The summed E-state index contributed by atoms with van der Waals surface area (Å²) < 4.78 is 2.85. The minimum Gasteiger partial charge on any atom is -0.287 e. The third-order valence-corrected chi connectivity index (χ3v) is 4.59. The Morgan fingerprint density at radius 3 is 2.41 bits per heavy atom. The Balaban J connectivity index is 2.08. The standard InChI is InChI=1S/C21H16N4O2/c1-13-3-6-15(7-4-13)12-25-19-17(9-16(10-22)20(25)26)21(27)24-11-14(2)5-8-18(24)23-19/h3-9,11H,12H2,1-2H3. The quantitative estimate of drug-likeness (QED) is 0.517. The van der Waals surface area contributed by atoms with Crippen LogP contribution in [-0.4, -0.2) is 14.0 Å². The molecule has 0 radical (unpaired) electrons. The number of fused-ring (bicyclic) bond motifs is 2. The highest BCUT2D eigenvalue weighted by atomic mass is 16.1. The molecule has 0 aliphatic heterocycles. The predicted molar refractivity (Wildman–Crippen MR) is 103 cm³/mol. The minimum atomic E-state index is -0.450. The molecule has 0 spiro atoms. The normalized spacial score (nSPS) is 11.0. The van der Waals surface area contributed by atoms with Crippen LogP contribution in [0.5, 0.6) is 0 Å². The van der Waals surface area contributed by atoms with Crippen LogP contribution in [0.25, 0.3) is 16.7 Å². The number of nitriles is 1. The lowest BCUT2D eigenvalue weighted by Crippen LogP contribution is -2.27. The molecule has 0 saturated carbocycles. The Morgan fingerprint density at radius 1 is 1.00 bits per heavy atom. The van der Waals surface area contributed by atoms with Gasteiger partial charge in [-0.3, -0.25) is 18.6 Å². The van der Waals surface area contributed by atoms with Crippen molar-refractivity contribution in [2.45, 2.75) is 20.4 Å². The lowest BCUT2D eigenvalue weighted by molar-refractivity contribution is 0.778. The molecule has 0 fully saturated rings. The van der Waals surface area contributed by atoms with Gasteiger partial charge in [-0.2, -0.15) is 5.26 Å². The van der Waals surface area contributed by atoms with Crippen LogP contribution in [-0.2, 0) is 6.54 Å². The summed E-state index contributed by atoms with van der Waals surface area (Å²) in [5.74, 6) is 0. The second-order valence-corrected chi connectivity index (χ2v) is 6.64. The van der Waals surface area contributed by atoms with E-state index in [0.717, 1.165) is 16.7 Å². The molecule has 0 amide bonds. The van der Waals surface area contributed by atoms with E-state index >= 15 is 0 Å². The maximum absolute atomic E-state index is 13.0. The first kappa shape index (κ1) is 16.7. The zero-order valence-corrected chi connectivity index (χ0v) is 14.9. The van der Waals surface area contributed by atoms with Gasteiger partial charge in [-0.15, -0.1) is 0 Å². The molecule has 0 aliphatic carbocycles.